The van der Waals surface area contributed by atoms with Crippen molar-refractivity contribution in [2.24, 2.45) is 21.5 Å². The van der Waals surface area contributed by atoms with E-state index in [1.54, 1.807) is 11.0 Å². The van der Waals surface area contributed by atoms with Crippen LogP contribution in [0, 0.1) is 6.92 Å². The van der Waals surface area contributed by atoms with E-state index < -0.39 is 17.4 Å². The quantitative estimate of drug-likeness (QED) is 0.825. The first-order chi connectivity index (χ1) is 11.2. The number of aryl methyl sites for hydroxylation is 1. The summed E-state index contributed by atoms with van der Waals surface area (Å²) in [5.41, 5.74) is 10.9. The van der Waals surface area contributed by atoms with Crippen molar-refractivity contribution in [1.29, 1.82) is 0 Å². The van der Waals surface area contributed by atoms with Crippen molar-refractivity contribution in [3.63, 3.8) is 0 Å². The second-order valence-electron chi connectivity index (χ2n) is 6.32. The van der Waals surface area contributed by atoms with Crippen LogP contribution in [0.4, 0.5) is 18.9 Å². The van der Waals surface area contributed by atoms with Crippen LogP contribution in [0.15, 0.2) is 28.2 Å². The molecular weight excluding hydrogens is 319 g/mol. The normalized spacial score (nSPS) is 20.8. The first-order valence-electron chi connectivity index (χ1n) is 7.90. The predicted molar refractivity (Wildman–Crippen MR) is 87.7 cm³/mol. The SMILES string of the molecule is Cc1ccc(N2C(N)=NC(N)=NC23CCCCC3)cc1C(F)(F)F. The van der Waals surface area contributed by atoms with E-state index in [0.29, 0.717) is 18.5 Å². The van der Waals surface area contributed by atoms with E-state index in [-0.39, 0.29) is 17.5 Å². The average Bonchev–Trinajstić information content (AvgIpc) is 2.47. The third kappa shape index (κ3) is 2.81. The highest BCUT2D eigenvalue weighted by molar-refractivity contribution is 6.05. The lowest BCUT2D eigenvalue weighted by Crippen LogP contribution is -2.58. The van der Waals surface area contributed by atoms with Gasteiger partial charge in [0.05, 0.1) is 5.56 Å². The van der Waals surface area contributed by atoms with E-state index in [1.165, 1.54) is 13.0 Å². The molecule has 1 aliphatic carbocycles. The molecule has 1 spiro atoms. The molecule has 1 aromatic carbocycles. The van der Waals surface area contributed by atoms with Crippen LogP contribution in [0.2, 0.25) is 0 Å². The summed E-state index contributed by atoms with van der Waals surface area (Å²) in [6, 6.07) is 4.19. The van der Waals surface area contributed by atoms with Crippen molar-refractivity contribution in [3.8, 4) is 0 Å². The van der Waals surface area contributed by atoms with Crippen LogP contribution in [-0.4, -0.2) is 17.6 Å². The molecule has 0 radical (unpaired) electrons. The topological polar surface area (TPSA) is 80.0 Å². The lowest BCUT2D eigenvalue weighted by Gasteiger charge is -2.45. The Labute approximate surface area is 138 Å². The molecule has 0 saturated heterocycles. The number of benzene rings is 1. The fourth-order valence-electron chi connectivity index (χ4n) is 3.55. The van der Waals surface area contributed by atoms with E-state index in [1.807, 2.05) is 0 Å². The van der Waals surface area contributed by atoms with Gasteiger partial charge in [-0.15, -0.1) is 0 Å². The maximum absolute atomic E-state index is 13.3. The first kappa shape index (κ1) is 16.6. The minimum Gasteiger partial charge on any atom is -0.369 e. The highest BCUT2D eigenvalue weighted by atomic mass is 19.4. The zero-order chi connectivity index (χ0) is 17.5. The number of nitrogens with zero attached hydrogens (tertiary/aromatic N) is 3. The van der Waals surface area contributed by atoms with Gasteiger partial charge in [-0.1, -0.05) is 12.5 Å². The molecule has 0 bridgehead atoms. The standard InChI is InChI=1S/C16H20F3N5/c1-10-5-6-11(9-12(10)16(17,18)19)24-14(21)22-13(20)23-15(24)7-3-2-4-8-15/h5-6,9H,2-4,7-8H2,1H3,(H4,20,21,22,23). The molecule has 1 fully saturated rings. The lowest BCUT2D eigenvalue weighted by molar-refractivity contribution is -0.138. The molecule has 24 heavy (non-hydrogen) atoms. The number of alkyl halides is 3. The third-order valence-electron chi connectivity index (χ3n) is 4.64. The number of nitrogens with two attached hydrogens (primary N) is 2. The summed E-state index contributed by atoms with van der Waals surface area (Å²) in [6.45, 7) is 1.44. The molecule has 1 aliphatic heterocycles. The Hall–Kier alpha value is -2.25. The second kappa shape index (κ2) is 5.68. The van der Waals surface area contributed by atoms with E-state index in [4.69, 9.17) is 11.5 Å². The Balaban J connectivity index is 2.11. The van der Waals surface area contributed by atoms with Gasteiger partial charge >= 0.3 is 6.18 Å². The van der Waals surface area contributed by atoms with Crippen LogP contribution in [-0.2, 0) is 6.18 Å². The number of rotatable bonds is 1. The van der Waals surface area contributed by atoms with Gasteiger partial charge in [-0.05, 0) is 50.3 Å². The zero-order valence-electron chi connectivity index (χ0n) is 13.4. The summed E-state index contributed by atoms with van der Waals surface area (Å²) in [7, 11) is 0. The summed E-state index contributed by atoms with van der Waals surface area (Å²) in [6.07, 6.45) is -0.178. The van der Waals surface area contributed by atoms with Gasteiger partial charge in [0, 0.05) is 5.69 Å². The molecule has 0 unspecified atom stereocenters. The molecule has 2 aliphatic rings. The van der Waals surface area contributed by atoms with Gasteiger partial charge in [0.15, 0.2) is 0 Å². The van der Waals surface area contributed by atoms with Gasteiger partial charge < -0.3 is 11.5 Å². The van der Waals surface area contributed by atoms with Gasteiger partial charge in [0.1, 0.15) is 5.66 Å². The molecule has 8 heteroatoms. The van der Waals surface area contributed by atoms with E-state index >= 15 is 0 Å². The van der Waals surface area contributed by atoms with Gasteiger partial charge in [-0.2, -0.15) is 18.2 Å². The van der Waals surface area contributed by atoms with Crippen molar-refractivity contribution >= 4 is 17.6 Å². The molecule has 5 nitrogen and oxygen atoms in total. The summed E-state index contributed by atoms with van der Waals surface area (Å²) in [5.74, 6) is 0.162. The van der Waals surface area contributed by atoms with Crippen molar-refractivity contribution < 1.29 is 13.2 Å². The van der Waals surface area contributed by atoms with Gasteiger partial charge in [-0.3, -0.25) is 4.90 Å². The first-order valence-corrected chi connectivity index (χ1v) is 7.90. The van der Waals surface area contributed by atoms with Crippen LogP contribution >= 0.6 is 0 Å². The number of guanidine groups is 2. The monoisotopic (exact) mass is 339 g/mol. The van der Waals surface area contributed by atoms with Crippen molar-refractivity contribution in [3.05, 3.63) is 29.3 Å². The Morgan fingerprint density at radius 2 is 1.79 bits per heavy atom. The summed E-state index contributed by atoms with van der Waals surface area (Å²) in [5, 5.41) is 0. The Bertz CT molecular complexity index is 702. The van der Waals surface area contributed by atoms with E-state index in [0.717, 1.165) is 25.3 Å². The maximum atomic E-state index is 13.3. The van der Waals surface area contributed by atoms with E-state index in [2.05, 4.69) is 9.98 Å². The molecule has 1 aromatic rings. The summed E-state index contributed by atoms with van der Waals surface area (Å²) in [4.78, 5) is 10.0. The zero-order valence-corrected chi connectivity index (χ0v) is 13.4. The van der Waals surface area contributed by atoms with Crippen molar-refractivity contribution in [2.45, 2.75) is 50.9 Å². The number of aliphatic imine (C=N–C) groups is 2. The van der Waals surface area contributed by atoms with Crippen LogP contribution in [0.5, 0.6) is 0 Å². The van der Waals surface area contributed by atoms with E-state index in [9.17, 15) is 13.2 Å². The number of halogens is 3. The molecule has 4 N–H and O–H groups in total. The highest BCUT2D eigenvalue weighted by Crippen LogP contribution is 2.41. The highest BCUT2D eigenvalue weighted by Gasteiger charge is 2.43. The Kier molecular flexibility index (Phi) is 3.93. The minimum atomic E-state index is -4.43. The molecule has 0 amide bonds. The fourth-order valence-corrected chi connectivity index (χ4v) is 3.55. The predicted octanol–water partition coefficient (Wildman–Crippen LogP) is 3.12. The summed E-state index contributed by atoms with van der Waals surface area (Å²) < 4.78 is 39.8. The molecule has 130 valence electrons. The molecule has 0 aromatic heterocycles. The Morgan fingerprint density at radius 3 is 2.42 bits per heavy atom. The minimum absolute atomic E-state index is 0.0776. The van der Waals surface area contributed by atoms with Crippen LogP contribution in [0.1, 0.15) is 43.2 Å². The maximum Gasteiger partial charge on any atom is 0.416 e. The second-order valence-corrected chi connectivity index (χ2v) is 6.32. The van der Waals surface area contributed by atoms with Crippen LogP contribution < -0.4 is 16.4 Å². The Morgan fingerprint density at radius 1 is 1.12 bits per heavy atom. The molecule has 1 saturated carbocycles. The van der Waals surface area contributed by atoms with Gasteiger partial charge in [-0.25, -0.2) is 4.99 Å². The average molecular weight is 339 g/mol. The lowest BCUT2D eigenvalue weighted by atomic mass is 9.87. The van der Waals surface area contributed by atoms with Gasteiger partial charge in [0.2, 0.25) is 11.9 Å². The van der Waals surface area contributed by atoms with Crippen LogP contribution in [0.25, 0.3) is 0 Å². The molecular formula is C16H20F3N5. The van der Waals surface area contributed by atoms with Gasteiger partial charge in [0.25, 0.3) is 0 Å². The van der Waals surface area contributed by atoms with Crippen molar-refractivity contribution in [1.82, 2.24) is 0 Å². The fraction of sp³-hybridized carbons (Fsp3) is 0.500. The molecule has 1 heterocycles. The third-order valence-corrected chi connectivity index (χ3v) is 4.64. The molecule has 0 atom stereocenters. The number of anilines is 1. The largest absolute Gasteiger partial charge is 0.416 e. The number of hydrogen-bond donors (Lipinski definition) is 2. The van der Waals surface area contributed by atoms with Crippen molar-refractivity contribution in [2.75, 3.05) is 4.90 Å². The number of hydrogen-bond acceptors (Lipinski definition) is 5. The molecule has 3 rings (SSSR count). The van der Waals surface area contributed by atoms with Crippen LogP contribution in [0.3, 0.4) is 0 Å². The smallest absolute Gasteiger partial charge is 0.369 e. The summed E-state index contributed by atoms with van der Waals surface area (Å²) >= 11 is 0.